The third-order valence-electron chi connectivity index (χ3n) is 10.9. The summed E-state index contributed by atoms with van der Waals surface area (Å²) in [5, 5.41) is 2.53. The van der Waals surface area contributed by atoms with E-state index in [4.69, 9.17) is 15.0 Å². The number of fused-ring (bicyclic) bond motifs is 5. The average Bonchev–Trinajstić information content (AvgIpc) is 3.55. The molecule has 1 aliphatic carbocycles. The second-order valence-corrected chi connectivity index (χ2v) is 14.2. The minimum atomic E-state index is -0.586. The Balaban J connectivity index is 1.32. The molecule has 0 spiro atoms. The predicted molar refractivity (Wildman–Crippen MR) is 213 cm³/mol. The quantitative estimate of drug-likeness (QED) is 0.183. The molecule has 0 radical (unpaired) electrons. The molecule has 4 nitrogen and oxygen atoms in total. The van der Waals surface area contributed by atoms with E-state index in [0.717, 1.165) is 23.1 Å². The van der Waals surface area contributed by atoms with E-state index < -0.39 is 5.41 Å². The maximum absolute atomic E-state index is 5.17. The second-order valence-electron chi connectivity index (χ2n) is 14.2. The maximum Gasteiger partial charge on any atom is 0.164 e. The van der Waals surface area contributed by atoms with E-state index >= 15 is 0 Å². The van der Waals surface area contributed by atoms with Gasteiger partial charge in [0.05, 0.1) is 22.1 Å². The first kappa shape index (κ1) is 30.4. The lowest BCUT2D eigenvalue weighted by Crippen LogP contribution is -2.36. The summed E-state index contributed by atoms with van der Waals surface area (Å²) < 4.78 is 2.49. The van der Waals surface area contributed by atoms with Gasteiger partial charge in [0.25, 0.3) is 0 Å². The fourth-order valence-corrected chi connectivity index (χ4v) is 8.42. The molecule has 3 heterocycles. The highest BCUT2D eigenvalue weighted by Gasteiger charge is 2.46. The smallest absolute Gasteiger partial charge is 0.164 e. The number of allylic oxidation sites excluding steroid dienone is 4. The fourth-order valence-electron chi connectivity index (χ4n) is 8.42. The molecule has 1 aliphatic heterocycles. The lowest BCUT2D eigenvalue weighted by atomic mass is 9.61. The van der Waals surface area contributed by atoms with Crippen molar-refractivity contribution in [1.29, 1.82) is 0 Å². The Labute approximate surface area is 303 Å². The van der Waals surface area contributed by atoms with E-state index in [1.54, 1.807) is 0 Å². The van der Waals surface area contributed by atoms with E-state index in [1.807, 2.05) is 36.4 Å². The highest BCUT2D eigenvalue weighted by molar-refractivity contribution is 6.12. The van der Waals surface area contributed by atoms with Crippen LogP contribution in [0, 0.1) is 12.8 Å². The number of rotatable bonds is 5. The van der Waals surface area contributed by atoms with Crippen LogP contribution < -0.4 is 0 Å². The van der Waals surface area contributed by atoms with Gasteiger partial charge in [0.15, 0.2) is 17.5 Å². The Morgan fingerprint density at radius 2 is 1.23 bits per heavy atom. The summed E-state index contributed by atoms with van der Waals surface area (Å²) in [5.41, 5.74) is 12.2. The number of aromatic nitrogens is 4. The molecule has 6 aromatic carbocycles. The van der Waals surface area contributed by atoms with Gasteiger partial charge in [0, 0.05) is 27.5 Å². The zero-order chi connectivity index (χ0) is 34.8. The molecule has 248 valence electrons. The van der Waals surface area contributed by atoms with Crippen molar-refractivity contribution in [3.63, 3.8) is 0 Å². The minimum absolute atomic E-state index is 0.480. The molecule has 2 unspecified atom stereocenters. The Morgan fingerprint density at radius 3 is 1.90 bits per heavy atom. The van der Waals surface area contributed by atoms with Crippen LogP contribution in [0.25, 0.3) is 61.7 Å². The third kappa shape index (κ3) is 4.57. The molecular weight excluding hydrogens is 633 g/mol. The molecule has 4 heteroatoms. The number of benzene rings is 6. The van der Waals surface area contributed by atoms with Crippen molar-refractivity contribution in [1.82, 2.24) is 19.5 Å². The van der Waals surface area contributed by atoms with Crippen molar-refractivity contribution < 1.29 is 0 Å². The lowest BCUT2D eigenvalue weighted by molar-refractivity contribution is 0.676. The number of aryl methyl sites for hydroxylation is 1. The first-order valence-corrected chi connectivity index (χ1v) is 18.1. The van der Waals surface area contributed by atoms with Crippen molar-refractivity contribution in [3.8, 4) is 39.9 Å². The molecule has 2 aromatic heterocycles. The van der Waals surface area contributed by atoms with Crippen molar-refractivity contribution in [3.05, 3.63) is 192 Å². The van der Waals surface area contributed by atoms with Gasteiger partial charge in [-0.05, 0) is 65.8 Å². The summed E-state index contributed by atoms with van der Waals surface area (Å²) in [7, 11) is 0. The molecule has 10 rings (SSSR count). The van der Waals surface area contributed by atoms with Crippen LogP contribution in [0.5, 0.6) is 0 Å². The van der Waals surface area contributed by atoms with Gasteiger partial charge in [-0.3, -0.25) is 0 Å². The first-order valence-electron chi connectivity index (χ1n) is 18.1. The summed E-state index contributed by atoms with van der Waals surface area (Å²) in [6.45, 7) is 4.46. The number of hydrogen-bond donors (Lipinski definition) is 0. The largest absolute Gasteiger partial charge is 0.309 e. The third-order valence-corrected chi connectivity index (χ3v) is 10.9. The first-order chi connectivity index (χ1) is 25.6. The van der Waals surface area contributed by atoms with Crippen LogP contribution in [-0.2, 0) is 5.41 Å². The monoisotopic (exact) mass is 668 g/mol. The molecular formula is C48H36N4. The topological polar surface area (TPSA) is 43.6 Å². The maximum atomic E-state index is 5.17. The molecule has 0 bridgehead atoms. The van der Waals surface area contributed by atoms with Gasteiger partial charge in [-0.15, -0.1) is 0 Å². The van der Waals surface area contributed by atoms with Gasteiger partial charge in [-0.1, -0.05) is 152 Å². The molecule has 0 saturated carbocycles. The summed E-state index contributed by atoms with van der Waals surface area (Å²) in [4.78, 5) is 15.3. The molecule has 8 aromatic rings. The Hall–Kier alpha value is -6.39. The molecule has 0 amide bonds. The van der Waals surface area contributed by atoms with Gasteiger partial charge in [-0.25, -0.2) is 15.0 Å². The summed E-state index contributed by atoms with van der Waals surface area (Å²) in [6.07, 6.45) is 8.22. The van der Waals surface area contributed by atoms with Crippen molar-refractivity contribution in [2.45, 2.75) is 25.7 Å². The van der Waals surface area contributed by atoms with Gasteiger partial charge in [-0.2, -0.15) is 0 Å². The molecule has 0 N–H and O–H groups in total. The van der Waals surface area contributed by atoms with Gasteiger partial charge < -0.3 is 4.57 Å². The van der Waals surface area contributed by atoms with Crippen molar-refractivity contribution in [2.75, 3.05) is 0 Å². The molecule has 2 aliphatic rings. The molecule has 52 heavy (non-hydrogen) atoms. The van der Waals surface area contributed by atoms with E-state index in [9.17, 15) is 0 Å². The van der Waals surface area contributed by atoms with Crippen LogP contribution in [0.4, 0.5) is 0 Å². The van der Waals surface area contributed by atoms with Gasteiger partial charge in [0.1, 0.15) is 0 Å². The fraction of sp³-hybridized carbons (Fsp3) is 0.104. The lowest BCUT2D eigenvalue weighted by Gasteiger charge is -2.43. The summed E-state index contributed by atoms with van der Waals surface area (Å²) >= 11 is 0. The number of nitrogens with zero attached hydrogens (tertiary/aromatic N) is 4. The Kier molecular flexibility index (Phi) is 6.94. The zero-order valence-corrected chi connectivity index (χ0v) is 29.2. The van der Waals surface area contributed by atoms with E-state index in [-0.39, 0.29) is 0 Å². The zero-order valence-electron chi connectivity index (χ0n) is 29.2. The summed E-state index contributed by atoms with van der Waals surface area (Å²) in [5.74, 6) is 2.44. The van der Waals surface area contributed by atoms with Crippen LogP contribution >= 0.6 is 0 Å². The van der Waals surface area contributed by atoms with Crippen molar-refractivity contribution >= 4 is 21.8 Å². The normalized spacial score (nSPS) is 17.7. The van der Waals surface area contributed by atoms with Gasteiger partial charge >= 0.3 is 0 Å². The molecule has 2 atom stereocenters. The van der Waals surface area contributed by atoms with E-state index in [0.29, 0.717) is 23.4 Å². The van der Waals surface area contributed by atoms with Crippen LogP contribution in [-0.4, -0.2) is 19.5 Å². The highest BCUT2D eigenvalue weighted by Crippen LogP contribution is 2.56. The molecule has 0 saturated heterocycles. The SMILES string of the molecule is Cc1ccc(C2(C3=CCC(C)C=C3)c3cc(-c4nc(-c5ccccc5)nc(-c5ccccc5)n4)ccc3-n3c4ccccc4c4cccc2c43)cc1. The van der Waals surface area contributed by atoms with Gasteiger partial charge in [0.2, 0.25) is 0 Å². The number of para-hydroxylation sites is 2. The van der Waals surface area contributed by atoms with Crippen LogP contribution in [0.1, 0.15) is 35.6 Å². The standard InChI is InChI=1S/C48H36N4/c1-31-20-25-36(26-21-31)48(37-27-22-32(2)23-28-37)40-18-11-17-39-38-16-9-10-19-42(38)52(44(39)40)43-29-24-35(30-41(43)48)47-50-45(33-12-5-3-6-13-33)49-46(51-47)34-14-7-4-8-15-34/h3-22,24-30,32H,23H2,1-2H3. The second kappa shape index (κ2) is 11.9. The predicted octanol–water partition coefficient (Wildman–Crippen LogP) is 11.4. The van der Waals surface area contributed by atoms with Crippen molar-refractivity contribution in [2.24, 2.45) is 5.92 Å². The highest BCUT2D eigenvalue weighted by atomic mass is 15.0. The van der Waals surface area contributed by atoms with E-state index in [1.165, 1.54) is 55.3 Å². The van der Waals surface area contributed by atoms with E-state index in [2.05, 4.69) is 146 Å². The van der Waals surface area contributed by atoms with Crippen LogP contribution in [0.15, 0.2) is 169 Å². The summed E-state index contributed by atoms with van der Waals surface area (Å²) in [6, 6.07) is 52.1. The number of hydrogen-bond acceptors (Lipinski definition) is 3. The Morgan fingerprint density at radius 1 is 0.596 bits per heavy atom. The minimum Gasteiger partial charge on any atom is -0.309 e. The van der Waals surface area contributed by atoms with Crippen LogP contribution in [0.3, 0.4) is 0 Å². The molecule has 0 fully saturated rings. The van der Waals surface area contributed by atoms with Crippen LogP contribution in [0.2, 0.25) is 0 Å². The average molecular weight is 669 g/mol. The Bertz CT molecular complexity index is 2660.